The molecule has 0 spiro atoms. The Morgan fingerprint density at radius 1 is 1.50 bits per heavy atom. The number of nitrogens with zero attached hydrogens (tertiary/aromatic N) is 1. The number of rotatable bonds is 0. The first-order chi connectivity index (χ1) is 3.70. The van der Waals surface area contributed by atoms with Gasteiger partial charge in [0.1, 0.15) is 0 Å². The fourth-order valence-electron chi connectivity index (χ4n) is 0.498. The zero-order valence-electron chi connectivity index (χ0n) is 4.93. The molecule has 1 aromatic rings. The van der Waals surface area contributed by atoms with Gasteiger partial charge in [0.15, 0.2) is 7.85 Å². The molecule has 40 valence electrons. The zero-order chi connectivity index (χ0) is 6.15. The van der Waals surface area contributed by atoms with Crippen LogP contribution in [0.1, 0.15) is 10.6 Å². The maximum atomic E-state index is 5.39. The van der Waals surface area contributed by atoms with Gasteiger partial charge in [-0.3, -0.25) is 4.98 Å². The van der Waals surface area contributed by atoms with Crippen molar-refractivity contribution < 1.29 is 0 Å². The summed E-state index contributed by atoms with van der Waals surface area (Å²) in [5.41, 5.74) is 1.05. The van der Waals surface area contributed by atoms with E-state index in [4.69, 9.17) is 7.85 Å². The summed E-state index contributed by atoms with van der Waals surface area (Å²) >= 11 is 1.54. The van der Waals surface area contributed by atoms with E-state index in [-0.39, 0.29) is 0 Å². The predicted molar refractivity (Wildman–Crippen MR) is 37.0 cm³/mol. The fraction of sp³-hybridized carbons (Fsp3) is 0.400. The van der Waals surface area contributed by atoms with E-state index >= 15 is 0 Å². The molecule has 0 fully saturated rings. The Kier molecular flexibility index (Phi) is 1.38. The van der Waals surface area contributed by atoms with Gasteiger partial charge in [0, 0.05) is 9.78 Å². The first-order valence-electron chi connectivity index (χ1n) is 2.39. The molecule has 3 heteroatoms. The van der Waals surface area contributed by atoms with Crippen LogP contribution in [0.5, 0.6) is 0 Å². The molecule has 0 aromatic carbocycles. The van der Waals surface area contributed by atoms with E-state index in [0.29, 0.717) is 4.91 Å². The molecule has 1 aromatic heterocycles. The van der Waals surface area contributed by atoms with Crippen molar-refractivity contribution in [1.82, 2.24) is 4.98 Å². The lowest BCUT2D eigenvalue weighted by atomic mass is 10.2. The van der Waals surface area contributed by atoms with Crippen LogP contribution in [0.2, 0.25) is 0 Å². The topological polar surface area (TPSA) is 12.9 Å². The molecule has 2 radical (unpaired) electrons. The third kappa shape index (κ3) is 0.918. The summed E-state index contributed by atoms with van der Waals surface area (Å²) in [6.45, 7) is 3.98. The molecule has 1 nitrogen and oxygen atoms in total. The van der Waals surface area contributed by atoms with Crippen molar-refractivity contribution in [2.24, 2.45) is 0 Å². The van der Waals surface area contributed by atoms with E-state index in [0.717, 1.165) is 5.69 Å². The summed E-state index contributed by atoms with van der Waals surface area (Å²) in [5, 5.41) is 0. The minimum Gasteiger partial charge on any atom is -0.258 e. The van der Waals surface area contributed by atoms with Crippen molar-refractivity contribution in [3.05, 3.63) is 10.6 Å². The lowest BCUT2D eigenvalue weighted by molar-refractivity contribution is 1.25. The lowest BCUT2D eigenvalue weighted by Gasteiger charge is -1.77. The highest BCUT2D eigenvalue weighted by atomic mass is 32.1. The van der Waals surface area contributed by atoms with Crippen LogP contribution in [0, 0.1) is 13.8 Å². The summed E-state index contributed by atoms with van der Waals surface area (Å²) in [6.07, 6.45) is 0. The summed E-state index contributed by atoms with van der Waals surface area (Å²) in [7, 11) is 5.39. The first kappa shape index (κ1) is 5.82. The Morgan fingerprint density at radius 3 is 2.25 bits per heavy atom. The second kappa shape index (κ2) is 1.90. The molecule has 0 saturated heterocycles. The minimum absolute atomic E-state index is 0.667. The molecule has 8 heavy (non-hydrogen) atoms. The normalized spacial score (nSPS) is 9.75. The molecule has 1 heterocycles. The molecule has 0 aliphatic heterocycles. The molecule has 0 atom stereocenters. The average molecular weight is 123 g/mol. The van der Waals surface area contributed by atoms with Gasteiger partial charge in [-0.15, -0.1) is 11.3 Å². The lowest BCUT2D eigenvalue weighted by Crippen LogP contribution is -1.97. The van der Waals surface area contributed by atoms with Crippen LogP contribution in [-0.2, 0) is 0 Å². The molecule has 0 saturated carbocycles. The van der Waals surface area contributed by atoms with Crippen molar-refractivity contribution in [3.8, 4) is 0 Å². The standard InChI is InChI=1S/C5H6BNS/c1-3-4(2)8-5(6)7-3/h1-2H3. The molecule has 0 amide bonds. The third-order valence-corrected chi connectivity index (χ3v) is 1.95. The monoisotopic (exact) mass is 123 g/mol. The largest absolute Gasteiger partial charge is 0.258 e. The van der Waals surface area contributed by atoms with Gasteiger partial charge < -0.3 is 0 Å². The molecular formula is C5H6BNS. The zero-order valence-corrected chi connectivity index (χ0v) is 5.75. The second-order valence-corrected chi connectivity index (χ2v) is 2.93. The molecule has 0 N–H and O–H groups in total. The van der Waals surface area contributed by atoms with Crippen LogP contribution < -0.4 is 4.91 Å². The molecule has 0 aliphatic rings. The van der Waals surface area contributed by atoms with E-state index in [1.807, 2.05) is 13.8 Å². The molecular weight excluding hydrogens is 117 g/mol. The van der Waals surface area contributed by atoms with E-state index in [9.17, 15) is 0 Å². The minimum atomic E-state index is 0.667. The van der Waals surface area contributed by atoms with Gasteiger partial charge in [-0.05, 0) is 13.8 Å². The molecule has 1 rings (SSSR count). The first-order valence-corrected chi connectivity index (χ1v) is 3.21. The van der Waals surface area contributed by atoms with Crippen molar-refractivity contribution >= 4 is 24.1 Å². The van der Waals surface area contributed by atoms with Crippen molar-refractivity contribution in [1.29, 1.82) is 0 Å². The van der Waals surface area contributed by atoms with Crippen LogP contribution in [0.25, 0.3) is 0 Å². The predicted octanol–water partition coefficient (Wildman–Crippen LogP) is 0.554. The highest BCUT2D eigenvalue weighted by molar-refractivity contribution is 7.19. The Hall–Kier alpha value is -0.305. The molecule has 0 aliphatic carbocycles. The highest BCUT2D eigenvalue weighted by Crippen LogP contribution is 2.05. The summed E-state index contributed by atoms with van der Waals surface area (Å²) < 4.78 is 0. The number of aromatic nitrogens is 1. The smallest absolute Gasteiger partial charge is 0.157 e. The molecule has 0 unspecified atom stereocenters. The van der Waals surface area contributed by atoms with Crippen molar-refractivity contribution in [2.45, 2.75) is 13.8 Å². The maximum Gasteiger partial charge on any atom is 0.157 e. The summed E-state index contributed by atoms with van der Waals surface area (Å²) in [6, 6.07) is 0. The molecule has 0 bridgehead atoms. The number of aryl methyl sites for hydroxylation is 2. The number of hydrogen-bond acceptors (Lipinski definition) is 2. The Labute approximate surface area is 54.2 Å². The van der Waals surface area contributed by atoms with Gasteiger partial charge in [-0.1, -0.05) is 0 Å². The number of hydrogen-bond donors (Lipinski definition) is 0. The van der Waals surface area contributed by atoms with Gasteiger partial charge in [-0.2, -0.15) is 0 Å². The summed E-state index contributed by atoms with van der Waals surface area (Å²) in [5.74, 6) is 0. The Morgan fingerprint density at radius 2 is 2.12 bits per heavy atom. The van der Waals surface area contributed by atoms with Crippen molar-refractivity contribution in [3.63, 3.8) is 0 Å². The van der Waals surface area contributed by atoms with E-state index < -0.39 is 0 Å². The third-order valence-electron chi connectivity index (χ3n) is 1.05. The quantitative estimate of drug-likeness (QED) is 0.459. The average Bonchev–Trinajstić information content (AvgIpc) is 1.85. The van der Waals surface area contributed by atoms with E-state index in [2.05, 4.69) is 4.98 Å². The van der Waals surface area contributed by atoms with Crippen LogP contribution in [0.3, 0.4) is 0 Å². The Bertz CT molecular complexity index is 175. The van der Waals surface area contributed by atoms with Crippen LogP contribution >= 0.6 is 11.3 Å². The van der Waals surface area contributed by atoms with Gasteiger partial charge in [0.2, 0.25) is 0 Å². The highest BCUT2D eigenvalue weighted by Gasteiger charge is 1.95. The SMILES string of the molecule is [B]c1nc(C)c(C)s1. The Balaban J connectivity index is 3.14. The van der Waals surface area contributed by atoms with Gasteiger partial charge in [0.05, 0.1) is 5.69 Å². The van der Waals surface area contributed by atoms with Crippen LogP contribution in [-0.4, -0.2) is 12.8 Å². The maximum absolute atomic E-state index is 5.39. The summed E-state index contributed by atoms with van der Waals surface area (Å²) in [4.78, 5) is 5.88. The number of thiazole rings is 1. The van der Waals surface area contributed by atoms with Gasteiger partial charge >= 0.3 is 0 Å². The van der Waals surface area contributed by atoms with Crippen molar-refractivity contribution in [2.75, 3.05) is 0 Å². The van der Waals surface area contributed by atoms with E-state index in [1.54, 1.807) is 0 Å². The van der Waals surface area contributed by atoms with Crippen LogP contribution in [0.15, 0.2) is 0 Å². The fourth-order valence-corrected chi connectivity index (χ4v) is 1.19. The van der Waals surface area contributed by atoms with Crippen LogP contribution in [0.4, 0.5) is 0 Å². The van der Waals surface area contributed by atoms with Gasteiger partial charge in [-0.25, -0.2) is 0 Å². The van der Waals surface area contributed by atoms with Gasteiger partial charge in [0.25, 0.3) is 0 Å². The van der Waals surface area contributed by atoms with E-state index in [1.165, 1.54) is 16.2 Å². The second-order valence-electron chi connectivity index (χ2n) is 1.69.